The molecule has 1 aromatic rings. The largest absolute Gasteiger partial charge is 0.481 e. The van der Waals surface area contributed by atoms with Crippen molar-refractivity contribution in [1.82, 2.24) is 15.6 Å². The molecular formula is C17H27N3O3. The SMILES string of the molecule is COc1ccc(CNC2CCCC2NC(=O)OC(C)(C)C)cn1. The number of pyridine rings is 1. The van der Waals surface area contributed by atoms with Crippen LogP contribution < -0.4 is 15.4 Å². The molecule has 1 fully saturated rings. The summed E-state index contributed by atoms with van der Waals surface area (Å²) in [6.07, 6.45) is 4.57. The molecule has 0 radical (unpaired) electrons. The first-order valence-electron chi connectivity index (χ1n) is 8.09. The molecule has 0 saturated heterocycles. The molecule has 2 unspecified atom stereocenters. The third-order valence-electron chi connectivity index (χ3n) is 3.79. The highest BCUT2D eigenvalue weighted by Crippen LogP contribution is 2.20. The molecule has 2 N–H and O–H groups in total. The number of ether oxygens (including phenoxy) is 2. The summed E-state index contributed by atoms with van der Waals surface area (Å²) in [5.74, 6) is 0.610. The number of carbonyl (C=O) groups is 1. The quantitative estimate of drug-likeness (QED) is 0.872. The average Bonchev–Trinajstić information content (AvgIpc) is 2.90. The Morgan fingerprint density at radius 2 is 2.04 bits per heavy atom. The molecule has 23 heavy (non-hydrogen) atoms. The van der Waals surface area contributed by atoms with Crippen LogP contribution in [0.5, 0.6) is 5.88 Å². The topological polar surface area (TPSA) is 72.5 Å². The van der Waals surface area contributed by atoms with E-state index in [4.69, 9.17) is 9.47 Å². The predicted molar refractivity (Wildman–Crippen MR) is 88.4 cm³/mol. The summed E-state index contributed by atoms with van der Waals surface area (Å²) in [7, 11) is 1.60. The summed E-state index contributed by atoms with van der Waals surface area (Å²) in [4.78, 5) is 16.1. The fourth-order valence-corrected chi connectivity index (χ4v) is 2.72. The van der Waals surface area contributed by atoms with E-state index in [-0.39, 0.29) is 18.2 Å². The summed E-state index contributed by atoms with van der Waals surface area (Å²) < 4.78 is 10.4. The second kappa shape index (κ2) is 7.64. The average molecular weight is 321 g/mol. The van der Waals surface area contributed by atoms with E-state index >= 15 is 0 Å². The monoisotopic (exact) mass is 321 g/mol. The van der Waals surface area contributed by atoms with Crippen LogP contribution in [0.3, 0.4) is 0 Å². The molecule has 2 rings (SSSR count). The number of alkyl carbamates (subject to hydrolysis) is 1. The van der Waals surface area contributed by atoms with E-state index in [0.717, 1.165) is 24.8 Å². The second-order valence-electron chi connectivity index (χ2n) is 6.88. The van der Waals surface area contributed by atoms with Crippen molar-refractivity contribution >= 4 is 6.09 Å². The smallest absolute Gasteiger partial charge is 0.407 e. The van der Waals surface area contributed by atoms with Gasteiger partial charge in [-0.1, -0.05) is 6.07 Å². The standard InChI is InChI=1S/C17H27N3O3/c1-17(2,3)23-16(21)20-14-7-5-6-13(14)18-10-12-8-9-15(22-4)19-11-12/h8-9,11,13-14,18H,5-7,10H2,1-4H3,(H,20,21). The van der Waals surface area contributed by atoms with Crippen molar-refractivity contribution in [2.45, 2.75) is 64.3 Å². The van der Waals surface area contributed by atoms with Crippen LogP contribution in [0, 0.1) is 0 Å². The van der Waals surface area contributed by atoms with E-state index in [9.17, 15) is 4.79 Å². The van der Waals surface area contributed by atoms with Crippen molar-refractivity contribution < 1.29 is 14.3 Å². The zero-order chi connectivity index (χ0) is 16.9. The molecule has 0 bridgehead atoms. The Morgan fingerprint density at radius 3 is 2.65 bits per heavy atom. The Morgan fingerprint density at radius 1 is 1.30 bits per heavy atom. The maximum absolute atomic E-state index is 11.9. The van der Waals surface area contributed by atoms with Gasteiger partial charge in [0.05, 0.1) is 7.11 Å². The van der Waals surface area contributed by atoms with Gasteiger partial charge in [-0.05, 0) is 45.6 Å². The molecule has 6 heteroatoms. The molecule has 0 spiro atoms. The fourth-order valence-electron chi connectivity index (χ4n) is 2.72. The van der Waals surface area contributed by atoms with Crippen molar-refractivity contribution in [3.63, 3.8) is 0 Å². The highest BCUT2D eigenvalue weighted by Gasteiger charge is 2.29. The van der Waals surface area contributed by atoms with Gasteiger partial charge in [0, 0.05) is 30.9 Å². The van der Waals surface area contributed by atoms with Crippen LogP contribution in [-0.4, -0.2) is 35.9 Å². The Kier molecular flexibility index (Phi) is 5.82. The van der Waals surface area contributed by atoms with Crippen LogP contribution in [0.1, 0.15) is 45.6 Å². The molecule has 1 heterocycles. The number of hydrogen-bond donors (Lipinski definition) is 2. The molecule has 1 aliphatic rings. The molecule has 128 valence electrons. The van der Waals surface area contributed by atoms with Gasteiger partial charge in [0.25, 0.3) is 0 Å². The van der Waals surface area contributed by atoms with Gasteiger partial charge in [0.1, 0.15) is 5.60 Å². The van der Waals surface area contributed by atoms with E-state index in [1.54, 1.807) is 13.3 Å². The molecular weight excluding hydrogens is 294 g/mol. The zero-order valence-corrected chi connectivity index (χ0v) is 14.4. The van der Waals surface area contributed by atoms with E-state index in [1.165, 1.54) is 0 Å². The van der Waals surface area contributed by atoms with E-state index in [0.29, 0.717) is 12.4 Å². The molecule has 0 aliphatic heterocycles. The highest BCUT2D eigenvalue weighted by atomic mass is 16.6. The van der Waals surface area contributed by atoms with Crippen LogP contribution in [0.15, 0.2) is 18.3 Å². The van der Waals surface area contributed by atoms with Crippen LogP contribution >= 0.6 is 0 Å². The van der Waals surface area contributed by atoms with Gasteiger partial charge in [0.2, 0.25) is 5.88 Å². The van der Waals surface area contributed by atoms with Crippen LogP contribution in [0.25, 0.3) is 0 Å². The third kappa shape index (κ3) is 5.71. The fraction of sp³-hybridized carbons (Fsp3) is 0.647. The molecule has 2 atom stereocenters. The van der Waals surface area contributed by atoms with Gasteiger partial charge in [0.15, 0.2) is 0 Å². The minimum absolute atomic E-state index is 0.107. The minimum Gasteiger partial charge on any atom is -0.481 e. The van der Waals surface area contributed by atoms with Gasteiger partial charge in [-0.25, -0.2) is 9.78 Å². The first-order chi connectivity index (χ1) is 10.9. The Balaban J connectivity index is 1.82. The van der Waals surface area contributed by atoms with E-state index in [1.807, 2.05) is 32.9 Å². The number of carbonyl (C=O) groups excluding carboxylic acids is 1. The van der Waals surface area contributed by atoms with Gasteiger partial charge in [-0.2, -0.15) is 0 Å². The molecule has 1 aliphatic carbocycles. The Labute approximate surface area is 138 Å². The predicted octanol–water partition coefficient (Wildman–Crippen LogP) is 2.63. The lowest BCUT2D eigenvalue weighted by molar-refractivity contribution is 0.0498. The number of methoxy groups -OCH3 is 1. The Hall–Kier alpha value is -1.82. The minimum atomic E-state index is -0.472. The molecule has 1 aromatic heterocycles. The van der Waals surface area contributed by atoms with Gasteiger partial charge >= 0.3 is 6.09 Å². The van der Waals surface area contributed by atoms with E-state index in [2.05, 4.69) is 15.6 Å². The lowest BCUT2D eigenvalue weighted by Gasteiger charge is -2.25. The number of nitrogens with zero attached hydrogens (tertiary/aromatic N) is 1. The van der Waals surface area contributed by atoms with Gasteiger partial charge < -0.3 is 20.1 Å². The lowest BCUT2D eigenvalue weighted by Crippen LogP contribution is -2.47. The number of hydrogen-bond acceptors (Lipinski definition) is 5. The maximum atomic E-state index is 11.9. The molecule has 6 nitrogen and oxygen atoms in total. The summed E-state index contributed by atoms with van der Waals surface area (Å²) in [5, 5.41) is 6.48. The lowest BCUT2D eigenvalue weighted by atomic mass is 10.1. The third-order valence-corrected chi connectivity index (χ3v) is 3.79. The summed E-state index contributed by atoms with van der Waals surface area (Å²) in [6, 6.07) is 4.20. The summed E-state index contributed by atoms with van der Waals surface area (Å²) in [5.41, 5.74) is 0.620. The maximum Gasteiger partial charge on any atom is 0.407 e. The van der Waals surface area contributed by atoms with Crippen molar-refractivity contribution in [3.8, 4) is 5.88 Å². The first-order valence-corrected chi connectivity index (χ1v) is 8.09. The van der Waals surface area contributed by atoms with Gasteiger partial charge in [-0.15, -0.1) is 0 Å². The zero-order valence-electron chi connectivity index (χ0n) is 14.4. The van der Waals surface area contributed by atoms with Crippen LogP contribution in [0.4, 0.5) is 4.79 Å². The van der Waals surface area contributed by atoms with E-state index < -0.39 is 5.60 Å². The number of nitrogens with one attached hydrogen (secondary N) is 2. The molecule has 1 amide bonds. The van der Waals surface area contributed by atoms with Crippen molar-refractivity contribution in [1.29, 1.82) is 0 Å². The number of amides is 1. The normalized spacial score (nSPS) is 21.0. The van der Waals surface area contributed by atoms with Gasteiger partial charge in [-0.3, -0.25) is 0 Å². The number of rotatable bonds is 5. The van der Waals surface area contributed by atoms with Crippen LogP contribution in [0.2, 0.25) is 0 Å². The summed E-state index contributed by atoms with van der Waals surface area (Å²) in [6.45, 7) is 6.32. The first kappa shape index (κ1) is 17.5. The van der Waals surface area contributed by atoms with Crippen molar-refractivity contribution in [2.75, 3.05) is 7.11 Å². The van der Waals surface area contributed by atoms with Crippen molar-refractivity contribution in [2.24, 2.45) is 0 Å². The highest BCUT2D eigenvalue weighted by molar-refractivity contribution is 5.68. The Bertz CT molecular complexity index is 511. The van der Waals surface area contributed by atoms with Crippen molar-refractivity contribution in [3.05, 3.63) is 23.9 Å². The second-order valence-corrected chi connectivity index (χ2v) is 6.88. The molecule has 0 aromatic carbocycles. The summed E-state index contributed by atoms with van der Waals surface area (Å²) >= 11 is 0. The van der Waals surface area contributed by atoms with Crippen LogP contribution in [-0.2, 0) is 11.3 Å². The molecule has 1 saturated carbocycles. The number of aromatic nitrogens is 1.